The maximum Gasteiger partial charge on any atom is 0.319 e. The summed E-state index contributed by atoms with van der Waals surface area (Å²) >= 11 is 8.13. The summed E-state index contributed by atoms with van der Waals surface area (Å²) in [5.74, 6) is 0.134. The molecule has 4 aromatic rings. The van der Waals surface area contributed by atoms with E-state index in [2.05, 4.69) is 25.5 Å². The molecule has 0 unspecified atom stereocenters. The van der Waals surface area contributed by atoms with Crippen molar-refractivity contribution >= 4 is 55.0 Å². The van der Waals surface area contributed by atoms with E-state index in [4.69, 9.17) is 27.1 Å². The Morgan fingerprint density at radius 2 is 1.97 bits per heavy atom. The average Bonchev–Trinajstić information content (AvgIpc) is 3.62. The molecule has 0 spiro atoms. The van der Waals surface area contributed by atoms with Gasteiger partial charge in [-0.3, -0.25) is 0 Å². The lowest BCUT2D eigenvalue weighted by Crippen LogP contribution is -2.44. The van der Waals surface area contributed by atoms with Crippen LogP contribution in [0.25, 0.3) is 32.2 Å². The van der Waals surface area contributed by atoms with Crippen molar-refractivity contribution in [3.05, 3.63) is 35.1 Å². The number of halogens is 2. The zero-order chi connectivity index (χ0) is 25.1. The second kappa shape index (κ2) is 8.90. The van der Waals surface area contributed by atoms with Gasteiger partial charge in [0.2, 0.25) is 0 Å². The molecule has 0 amide bonds. The highest BCUT2D eigenvalue weighted by Gasteiger charge is 2.45. The third-order valence-electron chi connectivity index (χ3n) is 7.89. The van der Waals surface area contributed by atoms with Crippen molar-refractivity contribution in [1.29, 1.82) is 0 Å². The number of fused-ring (bicyclic) bond motifs is 4. The lowest BCUT2D eigenvalue weighted by atomic mass is 9.89. The molecule has 2 aromatic carbocycles. The number of anilines is 2. The van der Waals surface area contributed by atoms with Gasteiger partial charge in [0.15, 0.2) is 10.9 Å². The Morgan fingerprint density at radius 3 is 2.73 bits per heavy atom. The fourth-order valence-electron chi connectivity index (χ4n) is 6.04. The number of hydrogen-bond acceptors (Lipinski definition) is 9. The first-order valence-electron chi connectivity index (χ1n) is 12.7. The molecule has 3 saturated heterocycles. The molecule has 192 valence electrons. The van der Waals surface area contributed by atoms with Crippen LogP contribution in [0.1, 0.15) is 25.7 Å². The van der Waals surface area contributed by atoms with Crippen molar-refractivity contribution in [2.75, 3.05) is 43.4 Å². The van der Waals surface area contributed by atoms with E-state index < -0.39 is 5.82 Å². The Balaban J connectivity index is 1.37. The summed E-state index contributed by atoms with van der Waals surface area (Å²) in [4.78, 5) is 16.0. The molecule has 0 aliphatic carbocycles. The third-order valence-corrected chi connectivity index (χ3v) is 9.04. The van der Waals surface area contributed by atoms with Gasteiger partial charge in [-0.2, -0.15) is 9.97 Å². The van der Waals surface area contributed by atoms with Crippen molar-refractivity contribution in [1.82, 2.24) is 25.6 Å². The first-order chi connectivity index (χ1) is 18.0. The number of rotatable bonds is 5. The van der Waals surface area contributed by atoms with E-state index in [1.54, 1.807) is 6.07 Å². The predicted molar refractivity (Wildman–Crippen MR) is 146 cm³/mol. The monoisotopic (exact) mass is 539 g/mol. The molecule has 7 rings (SSSR count). The summed E-state index contributed by atoms with van der Waals surface area (Å²) in [5, 5.41) is 8.32. The molecule has 4 N–H and O–H groups in total. The fraction of sp³-hybridized carbons (Fsp3) is 0.423. The number of nitrogens with zero attached hydrogens (tertiary/aromatic N) is 4. The minimum absolute atomic E-state index is 0.0396. The topological polar surface area (TPSA) is 101 Å². The molecule has 37 heavy (non-hydrogen) atoms. The molecule has 3 fully saturated rings. The van der Waals surface area contributed by atoms with Gasteiger partial charge in [-0.05, 0) is 37.8 Å². The number of aromatic nitrogens is 3. The maximum atomic E-state index is 16.4. The number of para-hydroxylation sites is 1. The molecule has 0 atom stereocenters. The van der Waals surface area contributed by atoms with Gasteiger partial charge in [-0.15, -0.1) is 0 Å². The number of nitrogens with two attached hydrogens (primary N) is 1. The number of ether oxygens (including phenoxy) is 1. The fourth-order valence-corrected chi connectivity index (χ4v) is 7.09. The van der Waals surface area contributed by atoms with E-state index in [0.717, 1.165) is 56.6 Å². The van der Waals surface area contributed by atoms with Gasteiger partial charge in [0.05, 0.1) is 20.8 Å². The van der Waals surface area contributed by atoms with Crippen molar-refractivity contribution in [3.63, 3.8) is 0 Å². The molecule has 5 heterocycles. The standard InChI is InChI=1S/C26H27ClFN7OS/c27-17-12-16-22(20(28)19(17)15-2-1-3-18-21(15)31-24(29)37-18)32-25(33-23(16)35-10-8-30-9-11-35)36-13-26-6-4-14(34-26)5-7-26/h1-3,12,14,30,34H,4-11,13H2,(H2,29,31). The molecule has 3 aliphatic heterocycles. The summed E-state index contributed by atoms with van der Waals surface area (Å²) in [7, 11) is 0. The van der Waals surface area contributed by atoms with Crippen LogP contribution in [-0.2, 0) is 0 Å². The number of piperazine rings is 1. The van der Waals surface area contributed by atoms with E-state index in [-0.39, 0.29) is 27.7 Å². The highest BCUT2D eigenvalue weighted by Crippen LogP contribution is 2.42. The Hall–Kier alpha value is -2.79. The summed E-state index contributed by atoms with van der Waals surface area (Å²) in [5.41, 5.74) is 7.59. The number of nitrogen functional groups attached to an aromatic ring is 1. The number of benzene rings is 2. The largest absolute Gasteiger partial charge is 0.461 e. The van der Waals surface area contributed by atoms with Crippen molar-refractivity contribution in [2.45, 2.75) is 37.3 Å². The smallest absolute Gasteiger partial charge is 0.319 e. The number of hydrogen-bond donors (Lipinski definition) is 3. The van der Waals surface area contributed by atoms with Crippen LogP contribution in [0.3, 0.4) is 0 Å². The Labute approximate surface area is 222 Å². The summed E-state index contributed by atoms with van der Waals surface area (Å²) in [6.45, 7) is 3.60. The van der Waals surface area contributed by atoms with Gasteiger partial charge in [0.1, 0.15) is 17.9 Å². The lowest BCUT2D eigenvalue weighted by Gasteiger charge is -2.30. The minimum Gasteiger partial charge on any atom is -0.461 e. The molecule has 2 aromatic heterocycles. The van der Waals surface area contributed by atoms with Gasteiger partial charge in [0.25, 0.3) is 0 Å². The van der Waals surface area contributed by atoms with Crippen LogP contribution in [0.15, 0.2) is 24.3 Å². The van der Waals surface area contributed by atoms with Crippen LogP contribution in [0.5, 0.6) is 6.01 Å². The van der Waals surface area contributed by atoms with Crippen LogP contribution < -0.4 is 26.0 Å². The van der Waals surface area contributed by atoms with Crippen molar-refractivity contribution < 1.29 is 9.13 Å². The normalized spacial score (nSPS) is 23.4. The number of nitrogens with one attached hydrogen (secondary N) is 2. The molecule has 11 heteroatoms. The number of thiazole rings is 1. The Morgan fingerprint density at radius 1 is 1.16 bits per heavy atom. The molecule has 0 saturated carbocycles. The first-order valence-corrected chi connectivity index (χ1v) is 13.9. The second-order valence-corrected chi connectivity index (χ2v) is 11.7. The third kappa shape index (κ3) is 3.98. The first kappa shape index (κ1) is 23.3. The maximum absolute atomic E-state index is 16.4. The van der Waals surface area contributed by atoms with Gasteiger partial charge in [0, 0.05) is 48.7 Å². The van der Waals surface area contributed by atoms with Gasteiger partial charge in [-0.25, -0.2) is 9.37 Å². The Bertz CT molecular complexity index is 1510. The van der Waals surface area contributed by atoms with Gasteiger partial charge in [-0.1, -0.05) is 35.1 Å². The van der Waals surface area contributed by atoms with E-state index >= 15 is 4.39 Å². The average molecular weight is 540 g/mol. The van der Waals surface area contributed by atoms with E-state index in [1.165, 1.54) is 11.3 Å². The quantitative estimate of drug-likeness (QED) is 0.344. The molecule has 0 radical (unpaired) electrons. The molecular formula is C26H27ClFN7OS. The summed E-state index contributed by atoms with van der Waals surface area (Å²) < 4.78 is 23.5. The van der Waals surface area contributed by atoms with Crippen LogP contribution in [0.2, 0.25) is 5.02 Å². The van der Waals surface area contributed by atoms with Crippen LogP contribution in [-0.4, -0.2) is 59.3 Å². The lowest BCUT2D eigenvalue weighted by molar-refractivity contribution is 0.190. The zero-order valence-corrected chi connectivity index (χ0v) is 21.8. The predicted octanol–water partition coefficient (Wildman–Crippen LogP) is 4.35. The Kier molecular flexibility index (Phi) is 5.62. The van der Waals surface area contributed by atoms with Crippen LogP contribution >= 0.6 is 22.9 Å². The summed E-state index contributed by atoms with van der Waals surface area (Å²) in [6.07, 6.45) is 4.48. The van der Waals surface area contributed by atoms with Crippen LogP contribution in [0, 0.1) is 5.82 Å². The highest BCUT2D eigenvalue weighted by molar-refractivity contribution is 7.22. The van der Waals surface area contributed by atoms with E-state index in [1.807, 2.05) is 18.2 Å². The highest BCUT2D eigenvalue weighted by atomic mass is 35.5. The summed E-state index contributed by atoms with van der Waals surface area (Å²) in [6, 6.07) is 8.12. The van der Waals surface area contributed by atoms with Crippen molar-refractivity contribution in [2.24, 2.45) is 0 Å². The SMILES string of the molecule is Nc1nc2c(-c3c(Cl)cc4c(N5CCNCC5)nc(OCC56CCC(CC5)N6)nc4c3F)cccc2s1. The molecular weight excluding hydrogens is 513 g/mol. The van der Waals surface area contributed by atoms with Gasteiger partial charge < -0.3 is 26.0 Å². The van der Waals surface area contributed by atoms with Crippen molar-refractivity contribution in [3.8, 4) is 17.1 Å². The van der Waals surface area contributed by atoms with Gasteiger partial charge >= 0.3 is 6.01 Å². The molecule has 2 bridgehead atoms. The van der Waals surface area contributed by atoms with Crippen LogP contribution in [0.4, 0.5) is 15.3 Å². The van der Waals surface area contributed by atoms with E-state index in [9.17, 15) is 0 Å². The molecule has 8 nitrogen and oxygen atoms in total. The van der Waals surface area contributed by atoms with E-state index in [0.29, 0.717) is 40.1 Å². The zero-order valence-electron chi connectivity index (χ0n) is 20.2. The molecule has 3 aliphatic rings. The minimum atomic E-state index is -0.511. The second-order valence-electron chi connectivity index (χ2n) is 10.2.